The molecule has 0 spiro atoms. The van der Waals surface area contributed by atoms with Crippen LogP contribution in [0, 0.1) is 0 Å². The summed E-state index contributed by atoms with van der Waals surface area (Å²) in [5, 5.41) is 16.3. The van der Waals surface area contributed by atoms with Gasteiger partial charge in [0.25, 0.3) is 5.91 Å². The van der Waals surface area contributed by atoms with Crippen LogP contribution in [0.1, 0.15) is 5.56 Å². The number of phenolic OH excluding ortho intramolecular Hbond substituents is 1. The first-order chi connectivity index (χ1) is 12.1. The summed E-state index contributed by atoms with van der Waals surface area (Å²) >= 11 is 1.27. The third-order valence-corrected chi connectivity index (χ3v) is 4.12. The smallest absolute Gasteiger partial charge is 0.266 e. The summed E-state index contributed by atoms with van der Waals surface area (Å²) in [6.07, 6.45) is 1.50. The highest BCUT2D eigenvalue weighted by Gasteiger charge is 2.08. The van der Waals surface area contributed by atoms with Crippen LogP contribution in [0.25, 0.3) is 10.2 Å². The Labute approximate surface area is 147 Å². The molecule has 3 aromatic rings. The fraction of sp³-hybridized carbons (Fsp3) is 0.118. The van der Waals surface area contributed by atoms with Crippen LogP contribution >= 0.6 is 11.3 Å². The van der Waals surface area contributed by atoms with E-state index < -0.39 is 0 Å². The number of oxime groups is 1. The average Bonchev–Trinajstić information content (AvgIpc) is 3.00. The summed E-state index contributed by atoms with van der Waals surface area (Å²) in [6, 6.07) is 12.1. The Morgan fingerprint density at radius 1 is 1.36 bits per heavy atom. The Kier molecular flexibility index (Phi) is 5.10. The number of hydrogen-bond donors (Lipinski definition) is 2. The molecule has 0 fully saturated rings. The van der Waals surface area contributed by atoms with E-state index in [1.165, 1.54) is 17.6 Å². The lowest BCUT2D eigenvalue weighted by atomic mass is 10.2. The minimum atomic E-state index is -0.369. The van der Waals surface area contributed by atoms with Crippen LogP contribution in [0.3, 0.4) is 0 Å². The number of amides is 1. The van der Waals surface area contributed by atoms with Crippen LogP contribution in [0.2, 0.25) is 0 Å². The highest BCUT2D eigenvalue weighted by Crippen LogP contribution is 2.28. The van der Waals surface area contributed by atoms with Gasteiger partial charge in [0.15, 0.2) is 11.7 Å². The fourth-order valence-corrected chi connectivity index (χ4v) is 2.95. The van der Waals surface area contributed by atoms with Crippen molar-refractivity contribution in [2.75, 3.05) is 19.0 Å². The third-order valence-electron chi connectivity index (χ3n) is 3.18. The van der Waals surface area contributed by atoms with Gasteiger partial charge in [0.1, 0.15) is 11.5 Å². The Balaban J connectivity index is 1.52. The molecular formula is C17H15N3O4S. The van der Waals surface area contributed by atoms with E-state index in [0.717, 1.165) is 10.3 Å². The van der Waals surface area contributed by atoms with Gasteiger partial charge in [0.05, 0.1) is 23.5 Å². The first-order valence-electron chi connectivity index (χ1n) is 7.33. The number of phenols is 1. The molecule has 0 saturated heterocycles. The average molecular weight is 357 g/mol. The molecule has 1 heterocycles. The van der Waals surface area contributed by atoms with Gasteiger partial charge in [0, 0.05) is 0 Å². The van der Waals surface area contributed by atoms with Crippen molar-refractivity contribution in [3.05, 3.63) is 48.0 Å². The maximum Gasteiger partial charge on any atom is 0.266 e. The summed E-state index contributed by atoms with van der Waals surface area (Å²) in [7, 11) is 1.58. The second kappa shape index (κ2) is 7.63. The minimum absolute atomic E-state index is 0.157. The van der Waals surface area contributed by atoms with Crippen LogP contribution in [0.5, 0.6) is 11.5 Å². The number of nitrogens with zero attached hydrogens (tertiary/aromatic N) is 2. The summed E-state index contributed by atoms with van der Waals surface area (Å²) in [5.41, 5.74) is 1.50. The van der Waals surface area contributed by atoms with Crippen LogP contribution < -0.4 is 10.1 Å². The third kappa shape index (κ3) is 4.45. The van der Waals surface area contributed by atoms with E-state index in [9.17, 15) is 9.90 Å². The summed E-state index contributed by atoms with van der Waals surface area (Å²) < 4.78 is 5.89. The topological polar surface area (TPSA) is 93.0 Å². The van der Waals surface area contributed by atoms with E-state index in [1.54, 1.807) is 31.4 Å². The van der Waals surface area contributed by atoms with E-state index in [2.05, 4.69) is 15.5 Å². The first kappa shape index (κ1) is 16.7. The molecule has 3 rings (SSSR count). The molecule has 0 radical (unpaired) electrons. The van der Waals surface area contributed by atoms with Crippen LogP contribution in [-0.2, 0) is 9.63 Å². The van der Waals surface area contributed by atoms with Gasteiger partial charge in [-0.1, -0.05) is 28.6 Å². The van der Waals surface area contributed by atoms with E-state index >= 15 is 0 Å². The number of methoxy groups -OCH3 is 1. The van der Waals surface area contributed by atoms with Crippen LogP contribution in [0.4, 0.5) is 5.13 Å². The molecule has 0 aliphatic carbocycles. The number of benzene rings is 2. The number of rotatable bonds is 6. The number of thiazole rings is 1. The van der Waals surface area contributed by atoms with Gasteiger partial charge in [0.2, 0.25) is 0 Å². The van der Waals surface area contributed by atoms with Crippen molar-refractivity contribution in [2.45, 2.75) is 0 Å². The predicted molar refractivity (Wildman–Crippen MR) is 96.5 cm³/mol. The molecule has 25 heavy (non-hydrogen) atoms. The maximum absolute atomic E-state index is 11.9. The second-order valence-electron chi connectivity index (χ2n) is 5.00. The standard InChI is InChI=1S/C17H15N3O4S/c1-23-13-4-2-3-11(7-13)9-18-24-10-16(22)20-17-19-14-6-5-12(21)8-15(14)25-17/h2-9,21H,10H2,1H3,(H,19,20,22)/b18-9+. The highest BCUT2D eigenvalue weighted by molar-refractivity contribution is 7.22. The lowest BCUT2D eigenvalue weighted by Crippen LogP contribution is -2.16. The number of hydrogen-bond acceptors (Lipinski definition) is 7. The van der Waals surface area contributed by atoms with Gasteiger partial charge < -0.3 is 14.7 Å². The fourth-order valence-electron chi connectivity index (χ4n) is 2.04. The minimum Gasteiger partial charge on any atom is -0.508 e. The Morgan fingerprint density at radius 3 is 3.08 bits per heavy atom. The van der Waals surface area contributed by atoms with Gasteiger partial charge in [-0.2, -0.15) is 0 Å². The van der Waals surface area contributed by atoms with Gasteiger partial charge in [-0.25, -0.2) is 4.98 Å². The van der Waals surface area contributed by atoms with Gasteiger partial charge in [-0.3, -0.25) is 10.1 Å². The van der Waals surface area contributed by atoms with Crippen LogP contribution in [-0.4, -0.2) is 35.9 Å². The molecular weight excluding hydrogens is 342 g/mol. The Bertz CT molecular complexity index is 923. The quantitative estimate of drug-likeness (QED) is 0.522. The Hall–Kier alpha value is -3.13. The largest absolute Gasteiger partial charge is 0.508 e. The van der Waals surface area contributed by atoms with Crippen molar-refractivity contribution in [1.29, 1.82) is 0 Å². The van der Waals surface area contributed by atoms with Crippen molar-refractivity contribution in [1.82, 2.24) is 4.98 Å². The Morgan fingerprint density at radius 2 is 2.24 bits per heavy atom. The lowest BCUT2D eigenvalue weighted by molar-refractivity contribution is -0.120. The van der Waals surface area contributed by atoms with Crippen LogP contribution in [0.15, 0.2) is 47.6 Å². The molecule has 8 heteroatoms. The number of nitrogens with one attached hydrogen (secondary N) is 1. The molecule has 2 N–H and O–H groups in total. The van der Waals surface area contributed by atoms with Crippen molar-refractivity contribution in [2.24, 2.45) is 5.16 Å². The molecule has 1 amide bonds. The number of aromatic hydroxyl groups is 1. The number of fused-ring (bicyclic) bond motifs is 1. The molecule has 0 unspecified atom stereocenters. The SMILES string of the molecule is COc1cccc(/C=N/OCC(=O)Nc2nc3ccc(O)cc3s2)c1. The van der Waals surface area contributed by atoms with E-state index in [4.69, 9.17) is 9.57 Å². The van der Waals surface area contributed by atoms with Crippen molar-refractivity contribution in [3.8, 4) is 11.5 Å². The lowest BCUT2D eigenvalue weighted by Gasteiger charge is -2.01. The molecule has 7 nitrogen and oxygen atoms in total. The molecule has 0 aliphatic heterocycles. The summed E-state index contributed by atoms with van der Waals surface area (Å²) in [5.74, 6) is 0.499. The summed E-state index contributed by atoms with van der Waals surface area (Å²) in [6.45, 7) is -0.234. The molecule has 128 valence electrons. The zero-order chi connectivity index (χ0) is 17.6. The molecule has 2 aromatic carbocycles. The number of aromatic nitrogens is 1. The maximum atomic E-state index is 11.9. The number of carbonyl (C=O) groups excluding carboxylic acids is 1. The first-order valence-corrected chi connectivity index (χ1v) is 8.14. The zero-order valence-corrected chi connectivity index (χ0v) is 14.1. The zero-order valence-electron chi connectivity index (χ0n) is 13.3. The van der Waals surface area contributed by atoms with Gasteiger partial charge >= 0.3 is 0 Å². The molecule has 0 bridgehead atoms. The summed E-state index contributed by atoms with van der Waals surface area (Å²) in [4.78, 5) is 21.1. The van der Waals surface area contributed by atoms with Crippen molar-refractivity contribution < 1.29 is 19.5 Å². The van der Waals surface area contributed by atoms with Crippen molar-refractivity contribution >= 4 is 38.8 Å². The molecule has 1 aromatic heterocycles. The van der Waals surface area contributed by atoms with Gasteiger partial charge in [-0.05, 0) is 35.9 Å². The second-order valence-corrected chi connectivity index (χ2v) is 6.03. The number of ether oxygens (including phenoxy) is 1. The van der Waals surface area contributed by atoms with E-state index in [0.29, 0.717) is 16.4 Å². The normalized spacial score (nSPS) is 10.9. The predicted octanol–water partition coefficient (Wildman–Crippen LogP) is 3.00. The monoisotopic (exact) mass is 357 g/mol. The van der Waals surface area contributed by atoms with E-state index in [-0.39, 0.29) is 18.3 Å². The highest BCUT2D eigenvalue weighted by atomic mass is 32.1. The molecule has 0 atom stereocenters. The van der Waals surface area contributed by atoms with Crippen molar-refractivity contribution in [3.63, 3.8) is 0 Å². The number of carbonyl (C=O) groups is 1. The van der Waals surface area contributed by atoms with Gasteiger partial charge in [-0.15, -0.1) is 0 Å². The molecule has 0 aliphatic rings. The number of anilines is 1. The molecule has 0 saturated carbocycles. The van der Waals surface area contributed by atoms with E-state index in [1.807, 2.05) is 18.2 Å².